The van der Waals surface area contributed by atoms with Crippen LogP contribution in [0.4, 0.5) is 0 Å². The summed E-state index contributed by atoms with van der Waals surface area (Å²) in [6, 6.07) is 0. The van der Waals surface area contributed by atoms with E-state index in [1.54, 1.807) is 0 Å². The minimum atomic E-state index is -0.834. The first-order valence-corrected chi connectivity index (χ1v) is 4.96. The van der Waals surface area contributed by atoms with Crippen molar-refractivity contribution in [1.82, 2.24) is 0 Å². The van der Waals surface area contributed by atoms with Crippen molar-refractivity contribution in [3.63, 3.8) is 0 Å². The van der Waals surface area contributed by atoms with Crippen LogP contribution in [0.2, 0.25) is 0 Å². The van der Waals surface area contributed by atoms with Gasteiger partial charge in [0, 0.05) is 12.5 Å². The summed E-state index contributed by atoms with van der Waals surface area (Å²) < 4.78 is 0. The Morgan fingerprint density at radius 1 is 1.08 bits per heavy atom. The molecule has 0 aliphatic carbocycles. The lowest BCUT2D eigenvalue weighted by Crippen LogP contribution is -2.41. The standard InChI is InChI=1S/C10H23NO2/c1-6(2)8(5-12)9(7(3)4)10(11)13/h6-10,12-13H,5,11H2,1-4H3. The molecule has 0 aromatic carbocycles. The lowest BCUT2D eigenvalue weighted by atomic mass is 9.77. The molecule has 0 radical (unpaired) electrons. The van der Waals surface area contributed by atoms with E-state index in [1.807, 2.05) is 27.7 Å². The van der Waals surface area contributed by atoms with Gasteiger partial charge in [0.25, 0.3) is 0 Å². The van der Waals surface area contributed by atoms with Gasteiger partial charge in [0.2, 0.25) is 0 Å². The molecule has 0 saturated heterocycles. The van der Waals surface area contributed by atoms with E-state index in [-0.39, 0.29) is 18.4 Å². The summed E-state index contributed by atoms with van der Waals surface area (Å²) in [5.41, 5.74) is 5.50. The minimum absolute atomic E-state index is 0.0231. The molecule has 3 unspecified atom stereocenters. The molecule has 0 aromatic heterocycles. The van der Waals surface area contributed by atoms with Gasteiger partial charge in [0.1, 0.15) is 6.23 Å². The maximum Gasteiger partial charge on any atom is 0.105 e. The Balaban J connectivity index is 4.49. The van der Waals surface area contributed by atoms with E-state index in [0.717, 1.165) is 0 Å². The van der Waals surface area contributed by atoms with Gasteiger partial charge in [-0.25, -0.2) is 0 Å². The number of aliphatic hydroxyl groups excluding tert-OH is 2. The zero-order chi connectivity index (χ0) is 10.6. The van der Waals surface area contributed by atoms with Crippen LogP contribution in [0.1, 0.15) is 27.7 Å². The molecule has 0 aromatic rings. The summed E-state index contributed by atoms with van der Waals surface area (Å²) in [5.74, 6) is 0.695. The fourth-order valence-corrected chi connectivity index (χ4v) is 1.92. The Kier molecular flexibility index (Phi) is 5.53. The topological polar surface area (TPSA) is 66.5 Å². The molecule has 0 aliphatic heterocycles. The van der Waals surface area contributed by atoms with Crippen LogP contribution in [-0.4, -0.2) is 23.0 Å². The van der Waals surface area contributed by atoms with E-state index in [1.165, 1.54) is 0 Å². The second-order valence-corrected chi connectivity index (χ2v) is 4.40. The Hall–Kier alpha value is -0.120. The van der Waals surface area contributed by atoms with Crippen molar-refractivity contribution in [2.45, 2.75) is 33.9 Å². The summed E-state index contributed by atoms with van der Waals surface area (Å²) in [7, 11) is 0. The smallest absolute Gasteiger partial charge is 0.105 e. The molecular weight excluding hydrogens is 166 g/mol. The van der Waals surface area contributed by atoms with Crippen molar-refractivity contribution in [3.05, 3.63) is 0 Å². The lowest BCUT2D eigenvalue weighted by Gasteiger charge is -2.33. The first kappa shape index (κ1) is 12.9. The summed E-state index contributed by atoms with van der Waals surface area (Å²) in [4.78, 5) is 0. The first-order valence-electron chi connectivity index (χ1n) is 4.96. The molecule has 0 rings (SSSR count). The van der Waals surface area contributed by atoms with Crippen LogP contribution < -0.4 is 5.73 Å². The number of hydrogen-bond donors (Lipinski definition) is 3. The van der Waals surface area contributed by atoms with Gasteiger partial charge in [-0.15, -0.1) is 0 Å². The quantitative estimate of drug-likeness (QED) is 0.560. The van der Waals surface area contributed by atoms with Gasteiger partial charge in [0.15, 0.2) is 0 Å². The van der Waals surface area contributed by atoms with E-state index in [9.17, 15) is 10.2 Å². The molecule has 4 N–H and O–H groups in total. The second-order valence-electron chi connectivity index (χ2n) is 4.40. The van der Waals surface area contributed by atoms with Crippen LogP contribution in [0.3, 0.4) is 0 Å². The largest absolute Gasteiger partial charge is 0.396 e. The number of hydrogen-bond acceptors (Lipinski definition) is 3. The molecule has 3 nitrogen and oxygen atoms in total. The predicted octanol–water partition coefficient (Wildman–Crippen LogP) is 0.800. The summed E-state index contributed by atoms with van der Waals surface area (Å²) in [5, 5.41) is 18.6. The summed E-state index contributed by atoms with van der Waals surface area (Å²) in [6.07, 6.45) is -0.834. The highest BCUT2D eigenvalue weighted by atomic mass is 16.3. The molecule has 13 heavy (non-hydrogen) atoms. The van der Waals surface area contributed by atoms with Crippen LogP contribution in [0.15, 0.2) is 0 Å². The monoisotopic (exact) mass is 189 g/mol. The highest BCUT2D eigenvalue weighted by molar-refractivity contribution is 4.78. The van der Waals surface area contributed by atoms with Crippen molar-refractivity contribution >= 4 is 0 Å². The van der Waals surface area contributed by atoms with Gasteiger partial charge in [0.05, 0.1) is 0 Å². The van der Waals surface area contributed by atoms with Crippen molar-refractivity contribution in [1.29, 1.82) is 0 Å². The Morgan fingerprint density at radius 3 is 1.62 bits per heavy atom. The van der Waals surface area contributed by atoms with Crippen LogP contribution >= 0.6 is 0 Å². The summed E-state index contributed by atoms with van der Waals surface area (Å²) in [6.45, 7) is 8.21. The van der Waals surface area contributed by atoms with Gasteiger partial charge in [-0.3, -0.25) is 0 Å². The third-order valence-corrected chi connectivity index (χ3v) is 2.73. The van der Waals surface area contributed by atoms with Crippen LogP contribution in [-0.2, 0) is 0 Å². The molecule has 80 valence electrons. The third-order valence-electron chi connectivity index (χ3n) is 2.73. The van der Waals surface area contributed by atoms with E-state index >= 15 is 0 Å². The van der Waals surface area contributed by atoms with Gasteiger partial charge in [-0.05, 0) is 17.8 Å². The maximum atomic E-state index is 9.40. The van der Waals surface area contributed by atoms with E-state index in [0.29, 0.717) is 11.8 Å². The fourth-order valence-electron chi connectivity index (χ4n) is 1.92. The average Bonchev–Trinajstić information content (AvgIpc) is 1.97. The molecule has 3 heteroatoms. The zero-order valence-electron chi connectivity index (χ0n) is 9.07. The van der Waals surface area contributed by atoms with Crippen LogP contribution in [0.5, 0.6) is 0 Å². The normalized spacial score (nSPS) is 19.2. The van der Waals surface area contributed by atoms with Gasteiger partial charge in [-0.2, -0.15) is 0 Å². The minimum Gasteiger partial charge on any atom is -0.396 e. The second kappa shape index (κ2) is 5.58. The molecule has 3 atom stereocenters. The molecular formula is C10H23NO2. The van der Waals surface area contributed by atoms with Gasteiger partial charge >= 0.3 is 0 Å². The fraction of sp³-hybridized carbons (Fsp3) is 1.00. The Morgan fingerprint density at radius 2 is 1.54 bits per heavy atom. The SMILES string of the molecule is CC(C)C(CO)C(C(C)C)C(N)O. The third kappa shape index (κ3) is 3.63. The van der Waals surface area contributed by atoms with Gasteiger partial charge < -0.3 is 15.9 Å². The Bertz CT molecular complexity index is 127. The molecule has 0 aliphatic rings. The molecule has 0 bridgehead atoms. The van der Waals surface area contributed by atoms with Crippen LogP contribution in [0.25, 0.3) is 0 Å². The molecule has 0 spiro atoms. The van der Waals surface area contributed by atoms with E-state index in [2.05, 4.69) is 0 Å². The van der Waals surface area contributed by atoms with Crippen molar-refractivity contribution in [2.75, 3.05) is 6.61 Å². The first-order chi connectivity index (χ1) is 5.91. The van der Waals surface area contributed by atoms with Crippen molar-refractivity contribution in [3.8, 4) is 0 Å². The summed E-state index contributed by atoms with van der Waals surface area (Å²) >= 11 is 0. The number of nitrogens with two attached hydrogens (primary N) is 1. The lowest BCUT2D eigenvalue weighted by molar-refractivity contribution is 0.00749. The number of aliphatic hydroxyl groups is 2. The molecule has 0 fully saturated rings. The molecule has 0 saturated carbocycles. The maximum absolute atomic E-state index is 9.40. The zero-order valence-corrected chi connectivity index (χ0v) is 9.07. The van der Waals surface area contributed by atoms with E-state index in [4.69, 9.17) is 5.73 Å². The Labute approximate surface area is 81.0 Å². The highest BCUT2D eigenvalue weighted by Gasteiger charge is 2.30. The van der Waals surface area contributed by atoms with Gasteiger partial charge in [-0.1, -0.05) is 27.7 Å². The van der Waals surface area contributed by atoms with Crippen molar-refractivity contribution in [2.24, 2.45) is 29.4 Å². The molecule has 0 heterocycles. The highest BCUT2D eigenvalue weighted by Crippen LogP contribution is 2.28. The number of rotatable bonds is 5. The van der Waals surface area contributed by atoms with Crippen LogP contribution in [0, 0.1) is 23.7 Å². The van der Waals surface area contributed by atoms with Crippen molar-refractivity contribution < 1.29 is 10.2 Å². The molecule has 0 amide bonds. The van der Waals surface area contributed by atoms with E-state index < -0.39 is 6.23 Å². The average molecular weight is 189 g/mol. The predicted molar refractivity (Wildman–Crippen MR) is 53.9 cm³/mol.